The number of aryl methyl sites for hydroxylation is 1. The van der Waals surface area contributed by atoms with Crippen LogP contribution >= 0.6 is 0 Å². The Morgan fingerprint density at radius 3 is 2.45 bits per heavy atom. The summed E-state index contributed by atoms with van der Waals surface area (Å²) in [4.78, 5) is 39.3. The molecule has 190 valence electrons. The van der Waals surface area contributed by atoms with Crippen molar-refractivity contribution in [2.24, 2.45) is 0 Å². The first-order valence-corrected chi connectivity index (χ1v) is 12.3. The van der Waals surface area contributed by atoms with Crippen LogP contribution in [0.5, 0.6) is 11.5 Å². The summed E-state index contributed by atoms with van der Waals surface area (Å²) >= 11 is 0. The molecule has 1 saturated heterocycles. The molecule has 7 heteroatoms. The van der Waals surface area contributed by atoms with Gasteiger partial charge >= 0.3 is 6.03 Å². The van der Waals surface area contributed by atoms with E-state index in [1.54, 1.807) is 36.4 Å². The van der Waals surface area contributed by atoms with Gasteiger partial charge < -0.3 is 9.47 Å². The number of anilines is 1. The van der Waals surface area contributed by atoms with Gasteiger partial charge in [-0.2, -0.15) is 0 Å². The maximum atomic E-state index is 13.2. The molecular formula is C31H26N2O5. The van der Waals surface area contributed by atoms with E-state index in [0.29, 0.717) is 36.0 Å². The number of amides is 4. The van der Waals surface area contributed by atoms with Crippen molar-refractivity contribution in [3.63, 3.8) is 0 Å². The lowest BCUT2D eigenvalue weighted by molar-refractivity contribution is -0.122. The number of hydrogen-bond donors (Lipinski definition) is 1. The quantitative estimate of drug-likeness (QED) is 0.253. The fourth-order valence-electron chi connectivity index (χ4n) is 4.40. The number of benzene rings is 4. The van der Waals surface area contributed by atoms with Crippen LogP contribution in [0.15, 0.2) is 90.5 Å². The molecule has 4 amide bonds. The third-order valence-corrected chi connectivity index (χ3v) is 6.20. The predicted octanol–water partition coefficient (Wildman–Crippen LogP) is 5.79. The first-order valence-electron chi connectivity index (χ1n) is 12.3. The molecule has 0 bridgehead atoms. The molecule has 4 aromatic carbocycles. The summed E-state index contributed by atoms with van der Waals surface area (Å²) in [5.74, 6) is -0.424. The van der Waals surface area contributed by atoms with Gasteiger partial charge in [-0.3, -0.25) is 14.9 Å². The van der Waals surface area contributed by atoms with Crippen LogP contribution in [0.1, 0.15) is 23.6 Å². The molecule has 0 unspecified atom stereocenters. The molecule has 0 atom stereocenters. The average Bonchev–Trinajstić information content (AvgIpc) is 2.91. The Kier molecular flexibility index (Phi) is 6.91. The summed E-state index contributed by atoms with van der Waals surface area (Å²) in [6.07, 6.45) is 1.45. The molecule has 1 heterocycles. The van der Waals surface area contributed by atoms with Crippen LogP contribution in [0, 0.1) is 6.92 Å². The number of nitrogens with one attached hydrogen (secondary N) is 1. The maximum absolute atomic E-state index is 13.2. The Bertz CT molecular complexity index is 1590. The smallest absolute Gasteiger partial charge is 0.335 e. The zero-order valence-electron chi connectivity index (χ0n) is 21.1. The van der Waals surface area contributed by atoms with Gasteiger partial charge in [0.2, 0.25) is 0 Å². The van der Waals surface area contributed by atoms with Gasteiger partial charge in [0.15, 0.2) is 11.5 Å². The van der Waals surface area contributed by atoms with Gasteiger partial charge in [0.05, 0.1) is 12.3 Å². The molecule has 0 aromatic heterocycles. The molecular weight excluding hydrogens is 480 g/mol. The van der Waals surface area contributed by atoms with Crippen molar-refractivity contribution < 1.29 is 23.9 Å². The fraction of sp³-hybridized carbons (Fsp3) is 0.129. The van der Waals surface area contributed by atoms with Crippen molar-refractivity contribution in [1.29, 1.82) is 0 Å². The number of nitrogens with zero attached hydrogens (tertiary/aromatic N) is 1. The number of hydrogen-bond acceptors (Lipinski definition) is 5. The molecule has 0 saturated carbocycles. The zero-order valence-corrected chi connectivity index (χ0v) is 21.1. The molecule has 1 fully saturated rings. The van der Waals surface area contributed by atoms with Crippen LogP contribution in [0.2, 0.25) is 0 Å². The Hall–Kier alpha value is -4.91. The minimum absolute atomic E-state index is 0.155. The average molecular weight is 507 g/mol. The van der Waals surface area contributed by atoms with Crippen molar-refractivity contribution in [2.75, 3.05) is 11.5 Å². The Morgan fingerprint density at radius 2 is 1.63 bits per heavy atom. The molecule has 1 aliphatic heterocycles. The molecule has 4 aromatic rings. The second-order valence-electron chi connectivity index (χ2n) is 8.86. The van der Waals surface area contributed by atoms with Crippen LogP contribution in [-0.4, -0.2) is 24.5 Å². The zero-order chi connectivity index (χ0) is 26.6. The number of rotatable bonds is 7. The molecule has 0 radical (unpaired) electrons. The van der Waals surface area contributed by atoms with Gasteiger partial charge in [0.1, 0.15) is 12.2 Å². The third kappa shape index (κ3) is 4.99. The van der Waals surface area contributed by atoms with Gasteiger partial charge in [0.25, 0.3) is 11.8 Å². The van der Waals surface area contributed by atoms with E-state index in [2.05, 4.69) is 23.5 Å². The normalized spacial score (nSPS) is 14.6. The summed E-state index contributed by atoms with van der Waals surface area (Å²) < 4.78 is 11.9. The fourth-order valence-corrected chi connectivity index (χ4v) is 4.40. The molecule has 38 heavy (non-hydrogen) atoms. The topological polar surface area (TPSA) is 84.9 Å². The van der Waals surface area contributed by atoms with E-state index in [1.807, 2.05) is 44.2 Å². The molecule has 1 aliphatic rings. The molecule has 5 rings (SSSR count). The second-order valence-corrected chi connectivity index (χ2v) is 8.86. The van der Waals surface area contributed by atoms with Crippen molar-refractivity contribution >= 4 is 40.4 Å². The highest BCUT2D eigenvalue weighted by molar-refractivity contribution is 6.39. The van der Waals surface area contributed by atoms with Gasteiger partial charge in [-0.15, -0.1) is 0 Å². The molecule has 1 N–H and O–H groups in total. The van der Waals surface area contributed by atoms with Crippen LogP contribution < -0.4 is 19.7 Å². The lowest BCUT2D eigenvalue weighted by Crippen LogP contribution is -2.54. The van der Waals surface area contributed by atoms with Crippen molar-refractivity contribution in [3.05, 3.63) is 107 Å². The number of barbiturate groups is 1. The first-order chi connectivity index (χ1) is 18.4. The number of ether oxygens (including phenoxy) is 2. The van der Waals surface area contributed by atoms with Gasteiger partial charge in [-0.1, -0.05) is 60.7 Å². The van der Waals surface area contributed by atoms with Gasteiger partial charge in [-0.25, -0.2) is 9.69 Å². The van der Waals surface area contributed by atoms with E-state index in [-0.39, 0.29) is 5.57 Å². The third-order valence-electron chi connectivity index (χ3n) is 6.20. The van der Waals surface area contributed by atoms with E-state index < -0.39 is 17.8 Å². The summed E-state index contributed by atoms with van der Waals surface area (Å²) in [5, 5.41) is 4.50. The van der Waals surface area contributed by atoms with Crippen LogP contribution in [0.25, 0.3) is 16.8 Å². The number of urea groups is 1. The minimum atomic E-state index is -0.782. The first kappa shape index (κ1) is 24.8. The highest BCUT2D eigenvalue weighted by Gasteiger charge is 2.36. The van der Waals surface area contributed by atoms with Crippen molar-refractivity contribution in [1.82, 2.24) is 5.32 Å². The molecule has 7 nitrogen and oxygen atoms in total. The molecule has 0 aliphatic carbocycles. The van der Waals surface area contributed by atoms with Crippen molar-refractivity contribution in [3.8, 4) is 11.5 Å². The SMILES string of the molecule is CCOc1cc(/C=C2\C(=O)NC(=O)N(c3cccc(C)c3)C2=O)ccc1OCc1cccc2ccccc12. The molecule has 0 spiro atoms. The van der Waals surface area contributed by atoms with Crippen LogP contribution in [0.4, 0.5) is 10.5 Å². The van der Waals surface area contributed by atoms with E-state index >= 15 is 0 Å². The Labute approximate surface area is 220 Å². The van der Waals surface area contributed by atoms with Gasteiger partial charge in [0, 0.05) is 0 Å². The second kappa shape index (κ2) is 10.6. The van der Waals surface area contributed by atoms with E-state index in [9.17, 15) is 14.4 Å². The van der Waals surface area contributed by atoms with Crippen LogP contribution in [0.3, 0.4) is 0 Å². The van der Waals surface area contributed by atoms with E-state index in [0.717, 1.165) is 26.8 Å². The van der Waals surface area contributed by atoms with Crippen molar-refractivity contribution in [2.45, 2.75) is 20.5 Å². The van der Waals surface area contributed by atoms with E-state index in [4.69, 9.17) is 9.47 Å². The largest absolute Gasteiger partial charge is 0.490 e. The standard InChI is InChI=1S/C31H26N2O5/c1-3-37-28-18-21(14-15-27(28)38-19-23-11-7-10-22-9-4-5-13-25(22)23)17-26-29(34)32-31(36)33(30(26)35)24-12-6-8-20(2)16-24/h4-18H,3,19H2,1-2H3,(H,32,34,36)/b26-17+. The Morgan fingerprint density at radius 1 is 0.842 bits per heavy atom. The highest BCUT2D eigenvalue weighted by atomic mass is 16.5. The van der Waals surface area contributed by atoms with Gasteiger partial charge in [-0.05, 0) is 71.7 Å². The number of carbonyl (C=O) groups excluding carboxylic acids is 3. The number of imide groups is 2. The summed E-state index contributed by atoms with van der Waals surface area (Å²) in [6, 6.07) is 25.6. The minimum Gasteiger partial charge on any atom is -0.490 e. The van der Waals surface area contributed by atoms with Crippen LogP contribution in [-0.2, 0) is 16.2 Å². The lowest BCUT2D eigenvalue weighted by atomic mass is 10.1. The maximum Gasteiger partial charge on any atom is 0.335 e. The number of carbonyl (C=O) groups is 3. The Balaban J connectivity index is 1.42. The summed E-state index contributed by atoms with van der Waals surface area (Å²) in [6.45, 7) is 4.47. The highest BCUT2D eigenvalue weighted by Crippen LogP contribution is 2.32. The lowest BCUT2D eigenvalue weighted by Gasteiger charge is -2.26. The van der Waals surface area contributed by atoms with E-state index in [1.165, 1.54) is 6.08 Å². The monoisotopic (exact) mass is 506 g/mol. The summed E-state index contributed by atoms with van der Waals surface area (Å²) in [7, 11) is 0. The predicted molar refractivity (Wildman–Crippen MR) is 146 cm³/mol. The number of fused-ring (bicyclic) bond motifs is 1. The summed E-state index contributed by atoms with van der Waals surface area (Å²) in [5.41, 5.74) is 2.71.